The maximum atomic E-state index is 5.60. The lowest BCUT2D eigenvalue weighted by atomic mass is 10.4. The van der Waals surface area contributed by atoms with Gasteiger partial charge in [-0.3, -0.25) is 0 Å². The van der Waals surface area contributed by atoms with Crippen molar-refractivity contribution in [3.8, 4) is 0 Å². The summed E-state index contributed by atoms with van der Waals surface area (Å²) in [5, 5.41) is 0. The molecule has 0 fully saturated rings. The maximum absolute atomic E-state index is 5.60. The Balaban J connectivity index is 2.13. The second-order valence-corrected chi connectivity index (χ2v) is 6.63. The molecule has 0 saturated carbocycles. The second-order valence-electron chi connectivity index (χ2n) is 3.21. The molecule has 0 amide bonds. The fourth-order valence-electron chi connectivity index (χ4n) is 1.30. The average molecular weight is 267 g/mol. The molecule has 0 saturated heterocycles. The van der Waals surface area contributed by atoms with Crippen molar-refractivity contribution in [1.82, 2.24) is 0 Å². The third kappa shape index (κ3) is 3.04. The maximum Gasteiger partial charge on any atom is 0.0649 e. The smallest absolute Gasteiger partial charge is 0.0649 e. The SMILES string of the molecule is CSc1cccc(Sc2ccc(CN)s2)c1. The standard InChI is InChI=1S/C12H13NS3/c1-14-9-3-2-4-10(7-9)15-12-6-5-11(8-13)16-12/h2-7H,8,13H2,1H3. The first-order valence-corrected chi connectivity index (χ1v) is 7.78. The van der Waals surface area contributed by atoms with E-state index in [-0.39, 0.29) is 0 Å². The lowest BCUT2D eigenvalue weighted by Crippen LogP contribution is -1.90. The van der Waals surface area contributed by atoms with Crippen molar-refractivity contribution in [3.05, 3.63) is 41.3 Å². The number of hydrogen-bond acceptors (Lipinski definition) is 4. The van der Waals surface area contributed by atoms with Crippen LogP contribution < -0.4 is 5.73 Å². The Bertz CT molecular complexity index is 465. The van der Waals surface area contributed by atoms with Gasteiger partial charge in [-0.1, -0.05) is 17.8 Å². The molecule has 0 bridgehead atoms. The molecule has 0 atom stereocenters. The van der Waals surface area contributed by atoms with Gasteiger partial charge in [-0.15, -0.1) is 23.1 Å². The van der Waals surface area contributed by atoms with E-state index in [0.717, 1.165) is 0 Å². The first kappa shape index (κ1) is 12.0. The summed E-state index contributed by atoms with van der Waals surface area (Å²) in [6.45, 7) is 0.635. The molecule has 0 aliphatic carbocycles. The zero-order valence-electron chi connectivity index (χ0n) is 8.97. The minimum Gasteiger partial charge on any atom is -0.326 e. The van der Waals surface area contributed by atoms with Gasteiger partial charge < -0.3 is 5.73 Å². The summed E-state index contributed by atoms with van der Waals surface area (Å²) < 4.78 is 1.30. The number of thioether (sulfide) groups is 1. The summed E-state index contributed by atoms with van der Waals surface area (Å²) >= 11 is 5.35. The van der Waals surface area contributed by atoms with Gasteiger partial charge in [-0.2, -0.15) is 0 Å². The molecule has 1 aromatic heterocycles. The molecule has 2 N–H and O–H groups in total. The minimum atomic E-state index is 0.635. The predicted octanol–water partition coefficient (Wildman–Crippen LogP) is 4.08. The molecule has 2 rings (SSSR count). The second kappa shape index (κ2) is 5.77. The van der Waals surface area contributed by atoms with Crippen LogP contribution >= 0.6 is 34.9 Å². The quantitative estimate of drug-likeness (QED) is 0.845. The molecular formula is C12H13NS3. The molecule has 2 aromatic rings. The highest BCUT2D eigenvalue weighted by atomic mass is 32.2. The van der Waals surface area contributed by atoms with Gasteiger partial charge in [0, 0.05) is 21.2 Å². The van der Waals surface area contributed by atoms with Gasteiger partial charge in [0.15, 0.2) is 0 Å². The van der Waals surface area contributed by atoms with E-state index >= 15 is 0 Å². The van der Waals surface area contributed by atoms with Gasteiger partial charge in [0.1, 0.15) is 0 Å². The van der Waals surface area contributed by atoms with E-state index in [4.69, 9.17) is 5.73 Å². The van der Waals surface area contributed by atoms with E-state index in [9.17, 15) is 0 Å². The van der Waals surface area contributed by atoms with Crippen LogP contribution in [0.1, 0.15) is 4.88 Å². The number of rotatable bonds is 4. The van der Waals surface area contributed by atoms with Gasteiger partial charge in [-0.05, 0) is 36.6 Å². The van der Waals surface area contributed by atoms with Crippen molar-refractivity contribution in [1.29, 1.82) is 0 Å². The highest BCUT2D eigenvalue weighted by Gasteiger charge is 2.02. The summed E-state index contributed by atoms with van der Waals surface area (Å²) in [7, 11) is 0. The van der Waals surface area contributed by atoms with Crippen LogP contribution in [0.25, 0.3) is 0 Å². The van der Waals surface area contributed by atoms with Crippen LogP contribution in [0.2, 0.25) is 0 Å². The molecule has 16 heavy (non-hydrogen) atoms. The van der Waals surface area contributed by atoms with Gasteiger partial charge in [0.2, 0.25) is 0 Å². The Kier molecular flexibility index (Phi) is 4.35. The molecule has 1 heterocycles. The third-order valence-electron chi connectivity index (χ3n) is 2.10. The first-order chi connectivity index (χ1) is 7.81. The van der Waals surface area contributed by atoms with E-state index in [0.29, 0.717) is 6.54 Å². The molecule has 0 aliphatic rings. The highest BCUT2D eigenvalue weighted by molar-refractivity contribution is 8.01. The lowest BCUT2D eigenvalue weighted by molar-refractivity contribution is 1.11. The van der Waals surface area contributed by atoms with E-state index in [1.165, 1.54) is 18.9 Å². The van der Waals surface area contributed by atoms with E-state index in [1.54, 1.807) is 34.9 Å². The zero-order chi connectivity index (χ0) is 11.4. The Labute approximate surface area is 108 Å². The Hall–Kier alpha value is -0.420. The summed E-state index contributed by atoms with van der Waals surface area (Å²) in [4.78, 5) is 3.83. The van der Waals surface area contributed by atoms with Crippen LogP contribution in [-0.2, 0) is 6.54 Å². The van der Waals surface area contributed by atoms with Crippen molar-refractivity contribution < 1.29 is 0 Å². The summed E-state index contributed by atoms with van der Waals surface area (Å²) in [6.07, 6.45) is 2.10. The highest BCUT2D eigenvalue weighted by Crippen LogP contribution is 2.34. The van der Waals surface area contributed by atoms with Crippen LogP contribution in [0.5, 0.6) is 0 Å². The van der Waals surface area contributed by atoms with Crippen molar-refractivity contribution in [3.63, 3.8) is 0 Å². The molecule has 0 radical (unpaired) electrons. The fourth-order valence-corrected chi connectivity index (χ4v) is 3.93. The third-order valence-corrected chi connectivity index (χ3v) is 5.05. The summed E-state index contributed by atoms with van der Waals surface area (Å²) in [5.74, 6) is 0. The molecule has 0 spiro atoms. The fraction of sp³-hybridized carbons (Fsp3) is 0.167. The van der Waals surface area contributed by atoms with Crippen molar-refractivity contribution in [2.75, 3.05) is 6.26 Å². The predicted molar refractivity (Wildman–Crippen MR) is 74.6 cm³/mol. The number of benzene rings is 1. The van der Waals surface area contributed by atoms with Crippen LogP contribution in [-0.4, -0.2) is 6.26 Å². The topological polar surface area (TPSA) is 26.0 Å². The van der Waals surface area contributed by atoms with E-state index < -0.39 is 0 Å². The molecule has 84 valence electrons. The minimum absolute atomic E-state index is 0.635. The lowest BCUT2D eigenvalue weighted by Gasteiger charge is -2.00. The van der Waals surface area contributed by atoms with Crippen LogP contribution in [0.3, 0.4) is 0 Å². The molecule has 1 aromatic carbocycles. The molecule has 0 unspecified atom stereocenters. The van der Waals surface area contributed by atoms with Gasteiger partial charge in [-0.25, -0.2) is 0 Å². The summed E-state index contributed by atoms with van der Waals surface area (Å²) in [6, 6.07) is 12.8. The van der Waals surface area contributed by atoms with Gasteiger partial charge in [0.25, 0.3) is 0 Å². The van der Waals surface area contributed by atoms with Gasteiger partial charge >= 0.3 is 0 Å². The number of nitrogens with two attached hydrogens (primary N) is 1. The Morgan fingerprint density at radius 2 is 2.00 bits per heavy atom. The van der Waals surface area contributed by atoms with Crippen LogP contribution in [0.4, 0.5) is 0 Å². The summed E-state index contributed by atoms with van der Waals surface area (Å²) in [5.41, 5.74) is 5.60. The monoisotopic (exact) mass is 267 g/mol. The van der Waals surface area contributed by atoms with E-state index in [2.05, 4.69) is 42.7 Å². The van der Waals surface area contributed by atoms with Gasteiger partial charge in [0.05, 0.1) is 4.21 Å². The average Bonchev–Trinajstić information content (AvgIpc) is 2.77. The van der Waals surface area contributed by atoms with Crippen LogP contribution in [0, 0.1) is 0 Å². The molecular weight excluding hydrogens is 254 g/mol. The number of hydrogen-bond donors (Lipinski definition) is 1. The zero-order valence-corrected chi connectivity index (χ0v) is 11.4. The first-order valence-electron chi connectivity index (χ1n) is 4.92. The van der Waals surface area contributed by atoms with E-state index in [1.807, 2.05) is 0 Å². The Morgan fingerprint density at radius 3 is 2.69 bits per heavy atom. The van der Waals surface area contributed by atoms with Crippen molar-refractivity contribution >= 4 is 34.9 Å². The van der Waals surface area contributed by atoms with Crippen molar-refractivity contribution in [2.24, 2.45) is 5.73 Å². The largest absolute Gasteiger partial charge is 0.326 e. The normalized spacial score (nSPS) is 10.6. The number of thiophene rings is 1. The Morgan fingerprint density at radius 1 is 1.19 bits per heavy atom. The molecule has 4 heteroatoms. The molecule has 0 aliphatic heterocycles. The van der Waals surface area contributed by atoms with Crippen LogP contribution in [0.15, 0.2) is 50.4 Å². The molecule has 1 nitrogen and oxygen atoms in total. The van der Waals surface area contributed by atoms with Crippen molar-refractivity contribution in [2.45, 2.75) is 20.5 Å².